The minimum Gasteiger partial charge on any atom is -0.595 e. The summed E-state index contributed by atoms with van der Waals surface area (Å²) in [6.45, 7) is 5.22. The largest absolute Gasteiger partial charge is 0.595 e. The molecule has 108 valence electrons. The number of carboxylic acids is 1. The van der Waals surface area contributed by atoms with Gasteiger partial charge in [-0.15, -0.1) is 11.8 Å². The second-order valence-electron chi connectivity index (χ2n) is 5.01. The third kappa shape index (κ3) is 5.23. The average molecular weight is 305 g/mol. The van der Waals surface area contributed by atoms with Crippen molar-refractivity contribution in [1.82, 2.24) is 4.90 Å². The normalized spacial score (nSPS) is 20.5. The Balaban J connectivity index is 2.55. The van der Waals surface area contributed by atoms with E-state index >= 15 is 0 Å². The monoisotopic (exact) mass is 305 g/mol. The zero-order valence-corrected chi connectivity index (χ0v) is 12.7. The van der Waals surface area contributed by atoms with E-state index in [4.69, 9.17) is 22.1 Å². The third-order valence-electron chi connectivity index (χ3n) is 2.22. The van der Waals surface area contributed by atoms with Gasteiger partial charge in [0.25, 0.3) is 0 Å². The summed E-state index contributed by atoms with van der Waals surface area (Å²) >= 11 is 6.61. The van der Waals surface area contributed by atoms with Gasteiger partial charge in [-0.05, 0) is 0 Å². The topological polar surface area (TPSA) is 85.2 Å². The highest BCUT2D eigenvalue weighted by Crippen LogP contribution is 2.21. The minimum atomic E-state index is -0.912. The van der Waals surface area contributed by atoms with Crippen LogP contribution in [-0.4, -0.2) is 56.9 Å². The molecule has 19 heavy (non-hydrogen) atoms. The molecule has 0 aromatic rings. The van der Waals surface area contributed by atoms with Crippen LogP contribution in [0, 0.1) is 0 Å². The highest BCUT2D eigenvalue weighted by atomic mass is 32.2. The molecule has 1 fully saturated rings. The molecule has 0 spiro atoms. The molecule has 1 atom stereocenters. The highest BCUT2D eigenvalue weighted by molar-refractivity contribution is 7.99. The minimum absolute atomic E-state index is 0.0193. The summed E-state index contributed by atoms with van der Waals surface area (Å²) in [5.74, 6) is 0.0891. The molecule has 1 saturated heterocycles. The summed E-state index contributed by atoms with van der Waals surface area (Å²) in [4.78, 5) is 16.6. The van der Waals surface area contributed by atoms with E-state index < -0.39 is 23.7 Å². The van der Waals surface area contributed by atoms with Gasteiger partial charge in [0.05, 0.1) is 12.4 Å². The van der Waals surface area contributed by atoms with Gasteiger partial charge in [0.1, 0.15) is 17.1 Å². The second-order valence-corrected chi connectivity index (χ2v) is 6.49. The smallest absolute Gasteiger partial charge is 0.327 e. The van der Waals surface area contributed by atoms with Crippen LogP contribution in [0.4, 0.5) is 0 Å². The first-order valence-corrected chi connectivity index (χ1v) is 7.27. The lowest BCUT2D eigenvalue weighted by atomic mass is 10.2. The fourth-order valence-corrected chi connectivity index (χ4v) is 2.93. The molecule has 1 aliphatic heterocycles. The van der Waals surface area contributed by atoms with Gasteiger partial charge in [-0.3, -0.25) is 4.99 Å². The molecule has 1 heterocycles. The Hall–Kier alpha value is -1.02. The van der Waals surface area contributed by atoms with Gasteiger partial charge in [0, 0.05) is 11.4 Å². The maximum atomic E-state index is 11.4. The molecule has 0 aromatic heterocycles. The van der Waals surface area contributed by atoms with Crippen LogP contribution in [0.3, 0.4) is 0 Å². The van der Waals surface area contributed by atoms with Crippen molar-refractivity contribution in [2.24, 2.45) is 4.99 Å². The van der Waals surface area contributed by atoms with Crippen molar-refractivity contribution in [1.29, 1.82) is 0 Å². The highest BCUT2D eigenvalue weighted by Gasteiger charge is 2.32. The van der Waals surface area contributed by atoms with Gasteiger partial charge >= 0.3 is 5.97 Å². The van der Waals surface area contributed by atoms with Crippen LogP contribution >= 0.6 is 24.0 Å². The molecule has 1 N–H and O–H groups in total. The molecule has 1 unspecified atom stereocenters. The quantitative estimate of drug-likeness (QED) is 0.456. The number of nitrogens with zero attached hydrogens (tertiary/aromatic N) is 2. The van der Waals surface area contributed by atoms with E-state index in [1.165, 1.54) is 11.8 Å². The van der Waals surface area contributed by atoms with Crippen molar-refractivity contribution in [3.8, 4) is 0 Å². The zero-order chi connectivity index (χ0) is 14.6. The Morgan fingerprint density at radius 1 is 1.63 bits per heavy atom. The predicted molar refractivity (Wildman–Crippen MR) is 76.3 cm³/mol. The van der Waals surface area contributed by atoms with E-state index in [9.17, 15) is 9.90 Å². The van der Waals surface area contributed by atoms with Gasteiger partial charge < -0.3 is 19.8 Å². The van der Waals surface area contributed by atoms with E-state index in [2.05, 4.69) is 4.99 Å². The number of hydrogen-bond donors (Lipinski definition) is 1. The number of hydrogen-bond acceptors (Lipinski definition) is 6. The van der Waals surface area contributed by atoms with Crippen LogP contribution in [0.15, 0.2) is 4.99 Å². The first-order chi connectivity index (χ1) is 8.70. The summed E-state index contributed by atoms with van der Waals surface area (Å²) in [5.41, 5.74) is -0.602. The lowest BCUT2D eigenvalue weighted by molar-refractivity contribution is -0.260. The molecule has 1 aliphatic rings. The summed E-state index contributed by atoms with van der Waals surface area (Å²) in [6, 6.07) is -0.633. The van der Waals surface area contributed by atoms with Gasteiger partial charge in [-0.25, -0.2) is 4.79 Å². The summed E-state index contributed by atoms with van der Waals surface area (Å²) < 4.78 is 5.02. The Labute approximate surface area is 121 Å². The lowest BCUT2D eigenvalue weighted by Gasteiger charge is -2.29. The summed E-state index contributed by atoms with van der Waals surface area (Å²) in [7, 11) is 0. The Bertz CT molecular complexity index is 393. The molecule has 0 bridgehead atoms. The number of carboxylic acid groups (broad SMARTS) is 1. The van der Waals surface area contributed by atoms with Crippen molar-refractivity contribution in [2.45, 2.75) is 32.4 Å². The average Bonchev–Trinajstić information content (AvgIpc) is 2.72. The molecule has 0 aliphatic carbocycles. The van der Waals surface area contributed by atoms with E-state index in [1.807, 2.05) is 0 Å². The van der Waals surface area contributed by atoms with Crippen molar-refractivity contribution in [3.63, 3.8) is 0 Å². The Morgan fingerprint density at radius 2 is 2.26 bits per heavy atom. The Morgan fingerprint density at radius 3 is 2.79 bits per heavy atom. The lowest BCUT2D eigenvalue weighted by Crippen LogP contribution is -2.42. The first-order valence-electron chi connectivity index (χ1n) is 5.71. The van der Waals surface area contributed by atoms with E-state index in [-0.39, 0.29) is 6.54 Å². The maximum Gasteiger partial charge on any atom is 0.327 e. The number of rotatable bonds is 3. The molecule has 8 heteroatoms. The van der Waals surface area contributed by atoms with Crippen molar-refractivity contribution >= 4 is 41.0 Å². The molecule has 0 aromatic carbocycles. The van der Waals surface area contributed by atoms with E-state index in [1.54, 1.807) is 25.7 Å². The molecule has 6 nitrogen and oxygen atoms in total. The van der Waals surface area contributed by atoms with Crippen LogP contribution in [0.2, 0.25) is 0 Å². The van der Waals surface area contributed by atoms with E-state index in [0.29, 0.717) is 16.6 Å². The molecule has 0 radical (unpaired) electrons. The third-order valence-corrected chi connectivity index (χ3v) is 3.60. The zero-order valence-electron chi connectivity index (χ0n) is 11.1. The molecule has 1 rings (SSSR count). The first kappa shape index (κ1) is 16.0. The van der Waals surface area contributed by atoms with Crippen LogP contribution in [0.1, 0.15) is 20.8 Å². The van der Waals surface area contributed by atoms with E-state index in [0.717, 1.165) is 0 Å². The van der Waals surface area contributed by atoms with Gasteiger partial charge in [0.2, 0.25) is 0 Å². The van der Waals surface area contributed by atoms with Gasteiger partial charge in [-0.2, -0.15) is 0 Å². The number of ether oxygens (including phenoxy) is 1. The van der Waals surface area contributed by atoms with Gasteiger partial charge in [0.15, 0.2) is 0 Å². The molecular formula is C11H17N2O4S2-. The van der Waals surface area contributed by atoms with Crippen LogP contribution < -0.4 is 5.11 Å². The number of thiocarbonyl (C=S) groups is 1. The number of carbonyl (C=O) groups is 1. The molecule has 0 saturated carbocycles. The van der Waals surface area contributed by atoms with Crippen LogP contribution in [0.5, 0.6) is 0 Å². The second kappa shape index (κ2) is 6.42. The maximum absolute atomic E-state index is 11.4. The molecule has 0 amide bonds. The van der Waals surface area contributed by atoms with Gasteiger partial charge in [-0.1, -0.05) is 33.0 Å². The number of thioether (sulfide) groups is 1. The van der Waals surface area contributed by atoms with Crippen LogP contribution in [-0.2, 0) is 9.53 Å². The summed E-state index contributed by atoms with van der Waals surface area (Å²) in [6.07, 6.45) is -0.687. The van der Waals surface area contributed by atoms with Crippen molar-refractivity contribution in [2.75, 3.05) is 18.2 Å². The van der Waals surface area contributed by atoms with Crippen molar-refractivity contribution < 1.29 is 19.7 Å². The molecular weight excluding hydrogens is 288 g/mol. The SMILES string of the molecule is CC(C)(C)OC([O-])=NCC(=S)N1CSCC1C(=O)O. The van der Waals surface area contributed by atoms with Crippen molar-refractivity contribution in [3.05, 3.63) is 0 Å². The predicted octanol–water partition coefficient (Wildman–Crippen LogP) is 0.305. The fraction of sp³-hybridized carbons (Fsp3) is 0.727. The summed E-state index contributed by atoms with van der Waals surface area (Å²) in [5, 5.41) is 20.4. The van der Waals surface area contributed by atoms with Crippen LogP contribution in [0.25, 0.3) is 0 Å². The number of aliphatic carboxylic acids is 1. The standard InChI is InChI=1S/C11H18N2O4S2/c1-11(2,3)17-10(16)12-4-8(18)13-6-19-5-7(13)9(14)15/h7H,4-6H2,1-3H3,(H,12,16)(H,14,15)/p-1. The fourth-order valence-electron chi connectivity index (χ4n) is 1.41. The number of aliphatic imine (C=N–C) groups is 1. The Kier molecular flexibility index (Phi) is 5.42.